The predicted octanol–water partition coefficient (Wildman–Crippen LogP) is -1.43. The van der Waals surface area contributed by atoms with Gasteiger partial charge in [-0.3, -0.25) is 4.79 Å². The highest BCUT2D eigenvalue weighted by Crippen LogP contribution is 2.19. The standard InChI is InChI=1S/C14H17N3O.BrH/c1-11-5-4-6-12(2)14(11)15-13(18)9-17-8-7-16(3)10-17;/h4-8,10H,9H2,1-3H3;1H. The van der Waals surface area contributed by atoms with Crippen LogP contribution in [0.1, 0.15) is 11.1 Å². The van der Waals surface area contributed by atoms with Crippen LogP contribution in [0.15, 0.2) is 36.9 Å². The Kier molecular flexibility index (Phi) is 5.30. The summed E-state index contributed by atoms with van der Waals surface area (Å²) in [6.45, 7) is 4.32. The summed E-state index contributed by atoms with van der Waals surface area (Å²) in [4.78, 5) is 12.0. The Hall–Kier alpha value is -1.62. The molecule has 0 saturated carbocycles. The third-order valence-electron chi connectivity index (χ3n) is 2.90. The quantitative estimate of drug-likeness (QED) is 0.691. The number of nitrogens with zero attached hydrogens (tertiary/aromatic N) is 2. The third kappa shape index (κ3) is 3.92. The number of imidazole rings is 1. The Morgan fingerprint density at radius 1 is 1.32 bits per heavy atom. The molecule has 0 fully saturated rings. The molecular formula is C14H18BrN3O. The minimum atomic E-state index is -0.0106. The number of rotatable bonds is 3. The van der Waals surface area contributed by atoms with E-state index in [2.05, 4.69) is 5.32 Å². The Morgan fingerprint density at radius 3 is 2.47 bits per heavy atom. The molecule has 2 rings (SSSR count). The van der Waals surface area contributed by atoms with Crippen molar-refractivity contribution < 1.29 is 26.3 Å². The zero-order chi connectivity index (χ0) is 13.1. The molecule has 1 aromatic carbocycles. The van der Waals surface area contributed by atoms with Gasteiger partial charge in [0.25, 0.3) is 5.91 Å². The number of benzene rings is 1. The van der Waals surface area contributed by atoms with Gasteiger partial charge < -0.3 is 22.3 Å². The first kappa shape index (κ1) is 15.4. The molecule has 102 valence electrons. The fourth-order valence-electron chi connectivity index (χ4n) is 1.95. The van der Waals surface area contributed by atoms with Crippen LogP contribution in [0.25, 0.3) is 0 Å². The lowest BCUT2D eigenvalue weighted by Crippen LogP contribution is -3.00. The van der Waals surface area contributed by atoms with E-state index in [1.165, 1.54) is 0 Å². The predicted molar refractivity (Wildman–Crippen MR) is 70.2 cm³/mol. The van der Waals surface area contributed by atoms with Crippen molar-refractivity contribution >= 4 is 11.6 Å². The molecule has 0 saturated heterocycles. The number of anilines is 1. The van der Waals surface area contributed by atoms with E-state index < -0.39 is 0 Å². The molecule has 0 aliphatic rings. The van der Waals surface area contributed by atoms with Crippen molar-refractivity contribution in [2.24, 2.45) is 7.05 Å². The zero-order valence-electron chi connectivity index (χ0n) is 11.4. The maximum Gasteiger partial charge on any atom is 0.266 e. The monoisotopic (exact) mass is 323 g/mol. The Morgan fingerprint density at radius 2 is 1.95 bits per heavy atom. The molecule has 1 N–H and O–H groups in total. The molecule has 0 aliphatic heterocycles. The molecule has 0 bridgehead atoms. The van der Waals surface area contributed by atoms with Crippen molar-refractivity contribution in [2.75, 3.05) is 5.32 Å². The van der Waals surface area contributed by atoms with Crippen LogP contribution in [0, 0.1) is 13.8 Å². The second-order valence-electron chi connectivity index (χ2n) is 4.57. The molecule has 1 amide bonds. The number of amides is 1. The topological polar surface area (TPSA) is 37.9 Å². The Balaban J connectivity index is 0.00000180. The van der Waals surface area contributed by atoms with Crippen LogP contribution in [-0.4, -0.2) is 10.5 Å². The fourth-order valence-corrected chi connectivity index (χ4v) is 1.95. The highest BCUT2D eigenvalue weighted by molar-refractivity contribution is 5.92. The summed E-state index contributed by atoms with van der Waals surface area (Å²) in [7, 11) is 1.93. The van der Waals surface area contributed by atoms with E-state index >= 15 is 0 Å². The summed E-state index contributed by atoms with van der Waals surface area (Å²) in [5.41, 5.74) is 3.09. The van der Waals surface area contributed by atoms with Gasteiger partial charge in [-0.1, -0.05) is 18.2 Å². The lowest BCUT2D eigenvalue weighted by Gasteiger charge is -2.10. The number of aryl methyl sites for hydroxylation is 3. The average Bonchev–Trinajstić information content (AvgIpc) is 2.69. The molecule has 19 heavy (non-hydrogen) atoms. The first-order valence-electron chi connectivity index (χ1n) is 5.93. The van der Waals surface area contributed by atoms with Crippen molar-refractivity contribution in [3.8, 4) is 0 Å². The highest BCUT2D eigenvalue weighted by atomic mass is 79.9. The number of carbonyl (C=O) groups excluding carboxylic acids is 1. The summed E-state index contributed by atoms with van der Waals surface area (Å²) < 4.78 is 3.76. The minimum Gasteiger partial charge on any atom is -1.00 e. The normalized spacial score (nSPS) is 9.84. The first-order chi connectivity index (χ1) is 8.56. The number of aromatic nitrogens is 2. The van der Waals surface area contributed by atoms with Gasteiger partial charge in [-0.25, -0.2) is 9.13 Å². The molecule has 0 aliphatic carbocycles. The molecule has 0 radical (unpaired) electrons. The van der Waals surface area contributed by atoms with E-state index in [1.54, 1.807) is 0 Å². The van der Waals surface area contributed by atoms with Crippen molar-refractivity contribution in [1.29, 1.82) is 0 Å². The van der Waals surface area contributed by atoms with Crippen molar-refractivity contribution in [3.05, 3.63) is 48.0 Å². The number of nitrogens with one attached hydrogen (secondary N) is 1. The van der Waals surface area contributed by atoms with Gasteiger partial charge in [-0.2, -0.15) is 0 Å². The summed E-state index contributed by atoms with van der Waals surface area (Å²) in [5, 5.41) is 2.97. The van der Waals surface area contributed by atoms with E-state index in [4.69, 9.17) is 0 Å². The van der Waals surface area contributed by atoms with E-state index in [0.29, 0.717) is 6.54 Å². The van der Waals surface area contributed by atoms with Gasteiger partial charge in [-0.15, -0.1) is 0 Å². The molecule has 2 aromatic rings. The second-order valence-corrected chi connectivity index (χ2v) is 4.57. The lowest BCUT2D eigenvalue weighted by atomic mass is 10.1. The maximum atomic E-state index is 12.0. The van der Waals surface area contributed by atoms with Crippen LogP contribution < -0.4 is 26.9 Å². The summed E-state index contributed by atoms with van der Waals surface area (Å²) in [6, 6.07) is 5.99. The van der Waals surface area contributed by atoms with E-state index in [1.807, 2.05) is 66.9 Å². The van der Waals surface area contributed by atoms with E-state index in [0.717, 1.165) is 16.8 Å². The number of para-hydroxylation sites is 1. The number of hydrogen-bond acceptors (Lipinski definition) is 1. The van der Waals surface area contributed by atoms with Crippen LogP contribution in [0.5, 0.6) is 0 Å². The second kappa shape index (κ2) is 6.52. The molecule has 5 heteroatoms. The highest BCUT2D eigenvalue weighted by Gasteiger charge is 2.10. The summed E-state index contributed by atoms with van der Waals surface area (Å²) in [5.74, 6) is -0.0106. The molecule has 0 spiro atoms. The SMILES string of the molecule is Cc1cccc(C)c1NC(=O)Cn1cc[n+](C)c1.[Br-]. The molecular weight excluding hydrogens is 306 g/mol. The van der Waals surface area contributed by atoms with Gasteiger partial charge in [-0.05, 0) is 25.0 Å². The summed E-state index contributed by atoms with van der Waals surface area (Å²) >= 11 is 0. The van der Waals surface area contributed by atoms with Crippen molar-refractivity contribution in [3.63, 3.8) is 0 Å². The van der Waals surface area contributed by atoms with Crippen molar-refractivity contribution in [1.82, 2.24) is 4.57 Å². The van der Waals surface area contributed by atoms with Gasteiger partial charge in [0.2, 0.25) is 6.33 Å². The minimum absolute atomic E-state index is 0. The maximum absolute atomic E-state index is 12.0. The van der Waals surface area contributed by atoms with Gasteiger partial charge in [0.15, 0.2) is 6.54 Å². The smallest absolute Gasteiger partial charge is 0.266 e. The number of carbonyl (C=O) groups is 1. The Bertz CT molecular complexity index is 558. The molecule has 1 aromatic heterocycles. The largest absolute Gasteiger partial charge is 1.00 e. The molecule has 1 heterocycles. The van der Waals surface area contributed by atoms with Crippen LogP contribution in [0.2, 0.25) is 0 Å². The molecule has 0 unspecified atom stereocenters. The fraction of sp³-hybridized carbons (Fsp3) is 0.286. The van der Waals surface area contributed by atoms with Crippen LogP contribution >= 0.6 is 0 Å². The van der Waals surface area contributed by atoms with Crippen molar-refractivity contribution in [2.45, 2.75) is 20.4 Å². The average molecular weight is 324 g/mol. The van der Waals surface area contributed by atoms with Gasteiger partial charge in [0.05, 0.1) is 7.05 Å². The van der Waals surface area contributed by atoms with Crippen LogP contribution in [-0.2, 0) is 18.4 Å². The Labute approximate surface area is 123 Å². The van der Waals surface area contributed by atoms with Gasteiger partial charge in [0, 0.05) is 5.69 Å². The van der Waals surface area contributed by atoms with Gasteiger partial charge in [0.1, 0.15) is 12.4 Å². The molecule has 0 atom stereocenters. The summed E-state index contributed by atoms with van der Waals surface area (Å²) in [6.07, 6.45) is 5.67. The van der Waals surface area contributed by atoms with Crippen LogP contribution in [0.4, 0.5) is 5.69 Å². The third-order valence-corrected chi connectivity index (χ3v) is 2.90. The molecule has 4 nitrogen and oxygen atoms in total. The van der Waals surface area contributed by atoms with E-state index in [-0.39, 0.29) is 22.9 Å². The van der Waals surface area contributed by atoms with Gasteiger partial charge >= 0.3 is 0 Å². The first-order valence-corrected chi connectivity index (χ1v) is 5.93. The lowest BCUT2D eigenvalue weighted by molar-refractivity contribution is -0.671. The number of hydrogen-bond donors (Lipinski definition) is 1. The van der Waals surface area contributed by atoms with Crippen LogP contribution in [0.3, 0.4) is 0 Å². The van der Waals surface area contributed by atoms with E-state index in [9.17, 15) is 4.79 Å². The number of halogens is 1. The zero-order valence-corrected chi connectivity index (χ0v) is 12.9.